The zero-order valence-corrected chi connectivity index (χ0v) is 30.6. The van der Waals surface area contributed by atoms with Crippen LogP contribution in [0.1, 0.15) is 74.1 Å². The third kappa shape index (κ3) is 6.62. The standard InChI is InChI=1S/C41H48N2O11/c1-3-51-40(49)39-29(20-46)33(24-16-25(19-45)35(48)27(17-24)22-5-6-31-23(15-22)7-12-43-31)34-37(52-14-4-13-44)28-18-32(41(2,50)26-8-10-42-11-9-26)53-36(28)30(21-47)38(34)54-39/h5-7,12,15,20,25-27,32,42-45,47,50H,3-4,8-11,13-14,16-19,21H2,1-2H3. The molecule has 4 atom stereocenters. The molecule has 0 amide bonds. The number of carbonyl (C=O) groups excluding carboxylic acids is 3. The number of allylic oxidation sites excluding steroid dienone is 3. The minimum atomic E-state index is -1.27. The van der Waals surface area contributed by atoms with E-state index < -0.39 is 48.5 Å². The summed E-state index contributed by atoms with van der Waals surface area (Å²) < 4.78 is 24.7. The molecule has 1 saturated carbocycles. The van der Waals surface area contributed by atoms with Gasteiger partial charge in [0.1, 0.15) is 34.7 Å². The van der Waals surface area contributed by atoms with E-state index in [1.165, 1.54) is 0 Å². The van der Waals surface area contributed by atoms with E-state index in [0.717, 1.165) is 42.4 Å². The number of benzene rings is 2. The Balaban J connectivity index is 1.46. The normalized spacial score (nSPS) is 24.0. The van der Waals surface area contributed by atoms with Crippen LogP contribution in [0.3, 0.4) is 0 Å². The number of nitrogens with one attached hydrogen (secondary N) is 2. The number of carbonyl (C=O) groups is 3. The van der Waals surface area contributed by atoms with Crippen LogP contribution < -0.4 is 19.5 Å². The van der Waals surface area contributed by atoms with Crippen molar-refractivity contribution in [3.8, 4) is 17.2 Å². The lowest BCUT2D eigenvalue weighted by molar-refractivity contribution is -0.141. The molecule has 0 radical (unpaired) electrons. The monoisotopic (exact) mass is 744 g/mol. The van der Waals surface area contributed by atoms with Crippen molar-refractivity contribution in [2.45, 2.75) is 76.6 Å². The van der Waals surface area contributed by atoms with Gasteiger partial charge in [0.15, 0.2) is 6.29 Å². The predicted molar refractivity (Wildman–Crippen MR) is 197 cm³/mol. The first-order chi connectivity index (χ1) is 26.2. The van der Waals surface area contributed by atoms with Gasteiger partial charge >= 0.3 is 5.97 Å². The molecule has 0 bridgehead atoms. The number of Topliss-reactive ketones (excluding diaryl/α,β-unsaturated/α-hetero) is 1. The van der Waals surface area contributed by atoms with Crippen molar-refractivity contribution < 1.29 is 53.8 Å². The molecule has 3 aromatic rings. The number of ketones is 1. The first kappa shape index (κ1) is 37.8. The number of piperidine rings is 1. The molecule has 54 heavy (non-hydrogen) atoms. The highest BCUT2D eigenvalue weighted by molar-refractivity contribution is 6.11. The molecule has 4 heterocycles. The average Bonchev–Trinajstić information content (AvgIpc) is 3.86. The molecule has 1 aromatic heterocycles. The Morgan fingerprint density at radius 3 is 2.59 bits per heavy atom. The van der Waals surface area contributed by atoms with Gasteiger partial charge in [-0.2, -0.15) is 0 Å². The van der Waals surface area contributed by atoms with E-state index in [1.807, 2.05) is 30.5 Å². The maximum absolute atomic E-state index is 14.0. The summed E-state index contributed by atoms with van der Waals surface area (Å²) in [7, 11) is 0. The van der Waals surface area contributed by atoms with Crippen LogP contribution in [0.5, 0.6) is 17.2 Å². The van der Waals surface area contributed by atoms with Gasteiger partial charge in [-0.05, 0) is 87.7 Å². The second kappa shape index (κ2) is 15.7. The van der Waals surface area contributed by atoms with Crippen molar-refractivity contribution in [1.29, 1.82) is 0 Å². The van der Waals surface area contributed by atoms with Gasteiger partial charge in [-0.3, -0.25) is 9.59 Å². The minimum absolute atomic E-state index is 0.00941. The summed E-state index contributed by atoms with van der Waals surface area (Å²) in [6, 6.07) is 7.61. The van der Waals surface area contributed by atoms with Crippen LogP contribution in [0.25, 0.3) is 16.5 Å². The molecule has 6 N–H and O–H groups in total. The van der Waals surface area contributed by atoms with E-state index in [0.29, 0.717) is 17.4 Å². The van der Waals surface area contributed by atoms with Gasteiger partial charge in [0, 0.05) is 54.1 Å². The zero-order valence-electron chi connectivity index (χ0n) is 30.6. The number of rotatable bonds is 12. The number of hydrogen-bond donors (Lipinski definition) is 6. The quantitative estimate of drug-likeness (QED) is 0.0900. The number of H-pyrrole nitrogens is 1. The molecule has 1 aliphatic carbocycles. The number of aromatic nitrogens is 1. The molecule has 2 aromatic carbocycles. The van der Waals surface area contributed by atoms with Crippen LogP contribution in [-0.2, 0) is 32.1 Å². The summed E-state index contributed by atoms with van der Waals surface area (Å²) in [6.07, 6.45) is 3.78. The molecule has 1 saturated heterocycles. The topological polar surface area (TPSA) is 197 Å². The maximum Gasteiger partial charge on any atom is 0.375 e. The molecule has 13 nitrogen and oxygen atoms in total. The Hall–Kier alpha value is -4.53. The number of fused-ring (bicyclic) bond motifs is 3. The van der Waals surface area contributed by atoms with Crippen LogP contribution in [0.15, 0.2) is 47.4 Å². The zero-order chi connectivity index (χ0) is 38.1. The number of esters is 1. The summed E-state index contributed by atoms with van der Waals surface area (Å²) >= 11 is 0. The van der Waals surface area contributed by atoms with Crippen LogP contribution >= 0.6 is 0 Å². The van der Waals surface area contributed by atoms with Gasteiger partial charge < -0.3 is 49.7 Å². The Morgan fingerprint density at radius 2 is 1.89 bits per heavy atom. The lowest BCUT2D eigenvalue weighted by Crippen LogP contribution is -2.51. The summed E-state index contributed by atoms with van der Waals surface area (Å²) in [5.41, 5.74) is 2.17. The van der Waals surface area contributed by atoms with E-state index in [2.05, 4.69) is 10.3 Å². The van der Waals surface area contributed by atoms with Crippen LogP contribution in [0.2, 0.25) is 0 Å². The highest BCUT2D eigenvalue weighted by Gasteiger charge is 2.49. The summed E-state index contributed by atoms with van der Waals surface area (Å²) in [5.74, 6) is -2.49. The third-order valence-corrected chi connectivity index (χ3v) is 11.5. The molecule has 288 valence electrons. The van der Waals surface area contributed by atoms with Gasteiger partial charge in [-0.25, -0.2) is 4.79 Å². The molecule has 4 aliphatic rings. The smallest absolute Gasteiger partial charge is 0.375 e. The number of ether oxygens (including phenoxy) is 4. The first-order valence-corrected chi connectivity index (χ1v) is 18.8. The fourth-order valence-electron chi connectivity index (χ4n) is 8.64. The van der Waals surface area contributed by atoms with Crippen molar-refractivity contribution in [1.82, 2.24) is 10.3 Å². The number of aldehydes is 1. The number of aliphatic hydroxyl groups excluding tert-OH is 3. The molecule has 2 fully saturated rings. The van der Waals surface area contributed by atoms with Crippen LogP contribution in [-0.4, -0.2) is 94.7 Å². The van der Waals surface area contributed by atoms with Gasteiger partial charge in [-0.1, -0.05) is 11.6 Å². The van der Waals surface area contributed by atoms with Crippen molar-refractivity contribution >= 4 is 34.5 Å². The predicted octanol–water partition coefficient (Wildman–Crippen LogP) is 3.39. The minimum Gasteiger partial charge on any atom is -0.492 e. The van der Waals surface area contributed by atoms with E-state index in [4.69, 9.17) is 18.9 Å². The third-order valence-electron chi connectivity index (χ3n) is 11.5. The van der Waals surface area contributed by atoms with Crippen LogP contribution in [0.4, 0.5) is 0 Å². The number of aliphatic hydroxyl groups is 4. The summed E-state index contributed by atoms with van der Waals surface area (Å²) in [5, 5.41) is 47.6. The van der Waals surface area contributed by atoms with Gasteiger partial charge in [0.25, 0.3) is 0 Å². The molecular formula is C41H48N2O11. The SMILES string of the molecule is CCOC(=O)C1=C(C=O)C(=C2CC(CO)C(=O)C(c3ccc4[nH]ccc4c3)C2)c2c(OCCCO)c3c(c(CO)c2O1)OC(C(C)(O)C1CCNCC1)C3. The first-order valence-electron chi connectivity index (χ1n) is 18.8. The highest BCUT2D eigenvalue weighted by Crippen LogP contribution is 2.57. The fourth-order valence-corrected chi connectivity index (χ4v) is 8.64. The fraction of sp³-hybridized carbons (Fsp3) is 0.488. The maximum atomic E-state index is 14.0. The lowest BCUT2D eigenvalue weighted by atomic mass is 9.71. The van der Waals surface area contributed by atoms with Crippen molar-refractivity contribution in [3.05, 3.63) is 69.6 Å². The Morgan fingerprint density at radius 1 is 1.09 bits per heavy atom. The van der Waals surface area contributed by atoms with E-state index in [1.54, 1.807) is 13.8 Å². The molecule has 13 heteroatoms. The van der Waals surface area contributed by atoms with Gasteiger partial charge in [0.2, 0.25) is 5.76 Å². The van der Waals surface area contributed by atoms with E-state index in [-0.39, 0.29) is 96.7 Å². The van der Waals surface area contributed by atoms with Crippen LogP contribution in [0, 0.1) is 11.8 Å². The number of hydrogen-bond acceptors (Lipinski definition) is 12. The lowest BCUT2D eigenvalue weighted by Gasteiger charge is -2.39. The Labute approximate surface area is 312 Å². The molecule has 3 aliphatic heterocycles. The highest BCUT2D eigenvalue weighted by atomic mass is 16.6. The second-order valence-corrected chi connectivity index (χ2v) is 14.7. The Bertz CT molecular complexity index is 2000. The summed E-state index contributed by atoms with van der Waals surface area (Å²) in [4.78, 5) is 44.0. The van der Waals surface area contributed by atoms with Gasteiger partial charge in [0.05, 0.1) is 43.1 Å². The number of aromatic amines is 1. The van der Waals surface area contributed by atoms with Crippen molar-refractivity contribution in [2.24, 2.45) is 11.8 Å². The van der Waals surface area contributed by atoms with Crippen molar-refractivity contribution in [2.75, 3.05) is 39.5 Å². The molecule has 0 spiro atoms. The van der Waals surface area contributed by atoms with E-state index in [9.17, 15) is 34.8 Å². The van der Waals surface area contributed by atoms with E-state index >= 15 is 0 Å². The second-order valence-electron chi connectivity index (χ2n) is 14.7. The largest absolute Gasteiger partial charge is 0.492 e. The molecular weight excluding hydrogens is 696 g/mol. The molecule has 7 rings (SSSR count). The average molecular weight is 745 g/mol. The van der Waals surface area contributed by atoms with Gasteiger partial charge in [-0.15, -0.1) is 0 Å². The van der Waals surface area contributed by atoms with Crippen molar-refractivity contribution in [3.63, 3.8) is 0 Å². The summed E-state index contributed by atoms with van der Waals surface area (Å²) in [6.45, 7) is 3.76. The molecule has 4 unspecified atom stereocenters. The Kier molecular flexibility index (Phi) is 11.0.